The highest BCUT2D eigenvalue weighted by Gasteiger charge is 2.49. The average molecular weight is 386 g/mol. The van der Waals surface area contributed by atoms with E-state index in [1.165, 1.54) is 4.31 Å². The topological polar surface area (TPSA) is 98.3 Å². The largest absolute Gasteiger partial charge is 0.335 e. The van der Waals surface area contributed by atoms with Crippen LogP contribution in [0.4, 0.5) is 4.79 Å². The molecule has 2 aliphatic heterocycles. The number of urea groups is 1. The van der Waals surface area contributed by atoms with E-state index in [2.05, 4.69) is 0 Å². The third-order valence-electron chi connectivity index (χ3n) is 5.62. The van der Waals surface area contributed by atoms with Crippen molar-refractivity contribution in [2.75, 3.05) is 39.1 Å². The summed E-state index contributed by atoms with van der Waals surface area (Å²) in [6, 6.07) is -0.746. The first-order chi connectivity index (χ1) is 12.2. The highest BCUT2D eigenvalue weighted by atomic mass is 32.2. The standard InChI is InChI=1S/C16H26N4O5S/c1-12-5-3-4-6-13(12)20-15(22)14(21)19(16(20)23)11-17-7-9-18(10-8-17)26(2,24)25/h12-13H,3-11H2,1-2H3/t12-,13-/m0/s1. The summed E-state index contributed by atoms with van der Waals surface area (Å²) in [6.07, 6.45) is 4.89. The molecule has 0 N–H and O–H groups in total. The van der Waals surface area contributed by atoms with E-state index in [1.54, 1.807) is 0 Å². The Hall–Kier alpha value is -1.52. The fourth-order valence-electron chi connectivity index (χ4n) is 4.02. The lowest BCUT2D eigenvalue weighted by Gasteiger charge is -2.36. The van der Waals surface area contributed by atoms with Gasteiger partial charge in [0, 0.05) is 32.2 Å². The van der Waals surface area contributed by atoms with Gasteiger partial charge in [-0.1, -0.05) is 19.8 Å². The first-order valence-electron chi connectivity index (χ1n) is 9.06. The van der Waals surface area contributed by atoms with Crippen LogP contribution in [0.25, 0.3) is 0 Å². The summed E-state index contributed by atoms with van der Waals surface area (Å²) in [4.78, 5) is 41.5. The molecule has 2 atom stereocenters. The van der Waals surface area contributed by atoms with E-state index in [9.17, 15) is 22.8 Å². The van der Waals surface area contributed by atoms with E-state index in [0.29, 0.717) is 26.2 Å². The minimum absolute atomic E-state index is 0.0264. The van der Waals surface area contributed by atoms with Gasteiger partial charge in [-0.3, -0.25) is 19.4 Å². The van der Waals surface area contributed by atoms with Gasteiger partial charge in [-0.15, -0.1) is 0 Å². The number of hydrogen-bond acceptors (Lipinski definition) is 6. The molecule has 4 amide bonds. The minimum atomic E-state index is -3.24. The zero-order valence-electron chi connectivity index (χ0n) is 15.3. The molecule has 0 spiro atoms. The van der Waals surface area contributed by atoms with Crippen molar-refractivity contribution < 1.29 is 22.8 Å². The molecule has 0 radical (unpaired) electrons. The molecule has 0 unspecified atom stereocenters. The molecule has 2 heterocycles. The van der Waals surface area contributed by atoms with Crippen LogP contribution in [0.15, 0.2) is 0 Å². The Labute approximate surface area is 153 Å². The number of imide groups is 2. The van der Waals surface area contributed by atoms with Gasteiger partial charge >= 0.3 is 17.8 Å². The van der Waals surface area contributed by atoms with Crippen LogP contribution in [0.1, 0.15) is 32.6 Å². The van der Waals surface area contributed by atoms with Crippen molar-refractivity contribution in [1.29, 1.82) is 0 Å². The number of carbonyl (C=O) groups is 3. The molecule has 146 valence electrons. The van der Waals surface area contributed by atoms with E-state index in [1.807, 2.05) is 11.8 Å². The lowest BCUT2D eigenvalue weighted by Crippen LogP contribution is -2.52. The molecule has 9 nitrogen and oxygen atoms in total. The van der Waals surface area contributed by atoms with Crippen LogP contribution < -0.4 is 0 Å². The van der Waals surface area contributed by atoms with Crippen molar-refractivity contribution >= 4 is 27.9 Å². The third-order valence-corrected chi connectivity index (χ3v) is 6.93. The smallest absolute Gasteiger partial charge is 0.283 e. The molecular weight excluding hydrogens is 360 g/mol. The average Bonchev–Trinajstić information content (AvgIpc) is 2.79. The van der Waals surface area contributed by atoms with E-state index in [4.69, 9.17) is 0 Å². The summed E-state index contributed by atoms with van der Waals surface area (Å²) < 4.78 is 24.5. The van der Waals surface area contributed by atoms with E-state index in [-0.39, 0.29) is 18.6 Å². The van der Waals surface area contributed by atoms with E-state index >= 15 is 0 Å². The summed E-state index contributed by atoms with van der Waals surface area (Å²) in [6.45, 7) is 3.50. The second-order valence-electron chi connectivity index (χ2n) is 7.44. The molecule has 1 saturated carbocycles. The number of amides is 4. The summed E-state index contributed by atoms with van der Waals surface area (Å²) in [7, 11) is -3.24. The van der Waals surface area contributed by atoms with Crippen LogP contribution in [-0.4, -0.2) is 90.4 Å². The van der Waals surface area contributed by atoms with Gasteiger partial charge < -0.3 is 0 Å². The van der Waals surface area contributed by atoms with Crippen LogP contribution in [0, 0.1) is 5.92 Å². The number of hydrogen-bond donors (Lipinski definition) is 0. The predicted octanol–water partition coefficient (Wildman–Crippen LogP) is -0.109. The van der Waals surface area contributed by atoms with Crippen molar-refractivity contribution in [3.8, 4) is 0 Å². The molecule has 10 heteroatoms. The summed E-state index contributed by atoms with van der Waals surface area (Å²) in [5.74, 6) is -1.32. The lowest BCUT2D eigenvalue weighted by molar-refractivity contribution is -0.145. The fourth-order valence-corrected chi connectivity index (χ4v) is 4.85. The normalized spacial score (nSPS) is 29.7. The second kappa shape index (κ2) is 7.24. The highest BCUT2D eigenvalue weighted by molar-refractivity contribution is 7.88. The molecule has 26 heavy (non-hydrogen) atoms. The quantitative estimate of drug-likeness (QED) is 0.494. The maximum Gasteiger partial charge on any atom is 0.335 e. The van der Waals surface area contributed by atoms with Gasteiger partial charge in [-0.25, -0.2) is 18.1 Å². The van der Waals surface area contributed by atoms with E-state index in [0.717, 1.165) is 41.7 Å². The Kier molecular flexibility index (Phi) is 5.36. The molecule has 0 aromatic carbocycles. The highest BCUT2D eigenvalue weighted by Crippen LogP contribution is 2.31. The fraction of sp³-hybridized carbons (Fsp3) is 0.812. The van der Waals surface area contributed by atoms with Gasteiger partial charge in [0.25, 0.3) is 0 Å². The SMILES string of the molecule is C[C@H]1CCCC[C@@H]1N1C(=O)C(=O)N(CN2CCN(S(C)(=O)=O)CC2)C1=O. The van der Waals surface area contributed by atoms with Crippen LogP contribution in [0.2, 0.25) is 0 Å². The molecule has 0 aromatic rings. The van der Waals surface area contributed by atoms with Crippen molar-refractivity contribution in [1.82, 2.24) is 19.0 Å². The minimum Gasteiger partial charge on any atom is -0.283 e. The van der Waals surface area contributed by atoms with E-state index < -0.39 is 27.9 Å². The van der Waals surface area contributed by atoms with Crippen molar-refractivity contribution in [3.05, 3.63) is 0 Å². The van der Waals surface area contributed by atoms with Gasteiger partial charge in [-0.05, 0) is 18.8 Å². The van der Waals surface area contributed by atoms with Gasteiger partial charge in [0.1, 0.15) is 0 Å². The van der Waals surface area contributed by atoms with Gasteiger partial charge in [-0.2, -0.15) is 4.31 Å². The molecule has 0 aromatic heterocycles. The Morgan fingerprint density at radius 2 is 1.58 bits per heavy atom. The van der Waals surface area contributed by atoms with Crippen molar-refractivity contribution in [2.24, 2.45) is 5.92 Å². The maximum absolute atomic E-state index is 12.7. The monoisotopic (exact) mass is 386 g/mol. The lowest BCUT2D eigenvalue weighted by atomic mass is 9.85. The number of piperazine rings is 1. The summed E-state index contributed by atoms with van der Waals surface area (Å²) >= 11 is 0. The van der Waals surface area contributed by atoms with Crippen molar-refractivity contribution in [3.63, 3.8) is 0 Å². The second-order valence-corrected chi connectivity index (χ2v) is 9.42. The van der Waals surface area contributed by atoms with Gasteiger partial charge in [0.05, 0.1) is 12.9 Å². The summed E-state index contributed by atoms with van der Waals surface area (Å²) in [5, 5.41) is 0. The zero-order chi connectivity index (χ0) is 19.1. The maximum atomic E-state index is 12.7. The molecule has 2 saturated heterocycles. The third kappa shape index (κ3) is 3.63. The first-order valence-corrected chi connectivity index (χ1v) is 10.9. The van der Waals surface area contributed by atoms with Crippen LogP contribution in [0.3, 0.4) is 0 Å². The number of rotatable bonds is 4. The Morgan fingerprint density at radius 3 is 2.15 bits per heavy atom. The van der Waals surface area contributed by atoms with Crippen LogP contribution in [0.5, 0.6) is 0 Å². The number of nitrogens with zero attached hydrogens (tertiary/aromatic N) is 4. The van der Waals surface area contributed by atoms with Gasteiger partial charge in [0.15, 0.2) is 0 Å². The molecule has 0 bridgehead atoms. The van der Waals surface area contributed by atoms with Crippen LogP contribution >= 0.6 is 0 Å². The molecular formula is C16H26N4O5S. The molecule has 1 aliphatic carbocycles. The summed E-state index contributed by atoms with van der Waals surface area (Å²) in [5.41, 5.74) is 0. The molecule has 3 fully saturated rings. The van der Waals surface area contributed by atoms with Crippen LogP contribution in [-0.2, 0) is 19.6 Å². The van der Waals surface area contributed by atoms with Gasteiger partial charge in [0.2, 0.25) is 10.0 Å². The Bertz CT molecular complexity index is 701. The number of sulfonamides is 1. The Balaban J connectivity index is 1.65. The predicted molar refractivity (Wildman–Crippen MR) is 93.4 cm³/mol. The number of carbonyl (C=O) groups excluding carboxylic acids is 3. The Morgan fingerprint density at radius 1 is 0.962 bits per heavy atom. The first kappa shape index (κ1) is 19.2. The molecule has 3 aliphatic rings. The molecule has 3 rings (SSSR count). The zero-order valence-corrected chi connectivity index (χ0v) is 16.1. The van der Waals surface area contributed by atoms with Crippen molar-refractivity contribution in [2.45, 2.75) is 38.6 Å².